The fraction of sp³-hybridized carbons (Fsp3) is 0.929. The van der Waals surface area contributed by atoms with E-state index >= 15 is 0 Å². The Labute approximate surface area is 134 Å². The third-order valence-corrected chi connectivity index (χ3v) is 5.36. The van der Waals surface area contributed by atoms with E-state index in [0.717, 1.165) is 32.2 Å². The second-order valence-electron chi connectivity index (χ2n) is 5.48. The van der Waals surface area contributed by atoms with Gasteiger partial charge >= 0.3 is 6.72 Å². The second kappa shape index (κ2) is 11.6. The van der Waals surface area contributed by atoms with Crippen LogP contribution in [0.25, 0.3) is 0 Å². The topological polar surface area (TPSA) is 56.8 Å². The maximum absolute atomic E-state index is 11.3. The monoisotopic (exact) mass is 339 g/mol. The summed E-state index contributed by atoms with van der Waals surface area (Å²) in [6.07, 6.45) is 4.00. The molecule has 1 N–H and O–H groups in total. The number of rotatable bonds is 12. The summed E-state index contributed by atoms with van der Waals surface area (Å²) in [5, 5.41) is 2.91. The smallest absolute Gasteiger partial charge is 0.327 e. The molecule has 1 atom stereocenters. The highest BCUT2D eigenvalue weighted by Gasteiger charge is 2.20. The minimum absolute atomic E-state index is 0.000326. The summed E-state index contributed by atoms with van der Waals surface area (Å²) < 4.78 is 16.3. The molecule has 5 nitrogen and oxygen atoms in total. The van der Waals surface area contributed by atoms with E-state index in [2.05, 4.69) is 5.32 Å². The normalized spacial score (nSPS) is 14.4. The molecule has 0 aliphatic carbocycles. The van der Waals surface area contributed by atoms with Gasteiger partial charge in [-0.1, -0.05) is 26.7 Å². The van der Waals surface area contributed by atoms with Crippen LogP contribution in [0.5, 0.6) is 0 Å². The molecule has 1 amide bonds. The van der Waals surface area contributed by atoms with Gasteiger partial charge in [-0.05, 0) is 38.5 Å². The lowest BCUT2D eigenvalue weighted by molar-refractivity contribution is -0.123. The largest absolute Gasteiger partial charge is 0.356 e. The molecule has 0 heterocycles. The first-order valence-corrected chi connectivity index (χ1v) is 10.1. The molecule has 126 valence electrons. The van der Waals surface area contributed by atoms with Gasteiger partial charge in [-0.2, -0.15) is 0 Å². The van der Waals surface area contributed by atoms with Crippen LogP contribution in [0.15, 0.2) is 0 Å². The van der Waals surface area contributed by atoms with Gasteiger partial charge < -0.3 is 18.9 Å². The SMILES string of the molecule is COP(=S)(OCCCCCCNC(=O)C(C)C)OC(C)C. The summed E-state index contributed by atoms with van der Waals surface area (Å²) in [5.74, 6) is 0.169. The van der Waals surface area contributed by atoms with Gasteiger partial charge in [-0.3, -0.25) is 4.79 Å². The number of carbonyl (C=O) groups is 1. The van der Waals surface area contributed by atoms with E-state index in [-0.39, 0.29) is 17.9 Å². The molecule has 0 saturated heterocycles. The Hall–Kier alpha value is -0.0000000000000000763. The summed E-state index contributed by atoms with van der Waals surface area (Å²) in [6.45, 7) is 6.34. The Morgan fingerprint density at radius 3 is 2.29 bits per heavy atom. The molecule has 0 fully saturated rings. The lowest BCUT2D eigenvalue weighted by Gasteiger charge is -2.21. The van der Waals surface area contributed by atoms with Crippen molar-refractivity contribution < 1.29 is 18.4 Å². The summed E-state index contributed by atoms with van der Waals surface area (Å²) >= 11 is 5.25. The van der Waals surface area contributed by atoms with Crippen molar-refractivity contribution in [2.75, 3.05) is 20.3 Å². The van der Waals surface area contributed by atoms with E-state index in [1.54, 1.807) is 0 Å². The first kappa shape index (κ1) is 21.0. The van der Waals surface area contributed by atoms with E-state index in [1.807, 2.05) is 27.7 Å². The molecule has 21 heavy (non-hydrogen) atoms. The average Bonchev–Trinajstić information content (AvgIpc) is 2.40. The van der Waals surface area contributed by atoms with Crippen LogP contribution in [0.1, 0.15) is 53.4 Å². The molecule has 0 rings (SSSR count). The second-order valence-corrected chi connectivity index (χ2v) is 8.55. The minimum atomic E-state index is -2.57. The quantitative estimate of drug-likeness (QED) is 0.435. The summed E-state index contributed by atoms with van der Waals surface area (Å²) in [7, 11) is 1.53. The molecule has 0 saturated carbocycles. The highest BCUT2D eigenvalue weighted by Crippen LogP contribution is 2.50. The molecule has 0 spiro atoms. The van der Waals surface area contributed by atoms with Gasteiger partial charge in [-0.15, -0.1) is 0 Å². The van der Waals surface area contributed by atoms with Crippen molar-refractivity contribution in [2.45, 2.75) is 59.5 Å². The van der Waals surface area contributed by atoms with Crippen LogP contribution in [-0.4, -0.2) is 32.3 Å². The van der Waals surface area contributed by atoms with Gasteiger partial charge in [0, 0.05) is 19.6 Å². The van der Waals surface area contributed by atoms with E-state index in [1.165, 1.54) is 7.11 Å². The van der Waals surface area contributed by atoms with Crippen LogP contribution in [0.2, 0.25) is 0 Å². The third-order valence-electron chi connectivity index (χ3n) is 2.71. The van der Waals surface area contributed by atoms with Crippen molar-refractivity contribution in [3.05, 3.63) is 0 Å². The maximum Gasteiger partial charge on any atom is 0.327 e. The number of carbonyl (C=O) groups excluding carboxylic acids is 1. The zero-order chi connectivity index (χ0) is 16.3. The van der Waals surface area contributed by atoms with Crippen molar-refractivity contribution in [2.24, 2.45) is 5.92 Å². The molecule has 0 aromatic carbocycles. The van der Waals surface area contributed by atoms with Gasteiger partial charge in [0.05, 0.1) is 12.7 Å². The maximum atomic E-state index is 11.3. The highest BCUT2D eigenvalue weighted by molar-refractivity contribution is 8.07. The van der Waals surface area contributed by atoms with Crippen LogP contribution in [0.4, 0.5) is 0 Å². The lowest BCUT2D eigenvalue weighted by Crippen LogP contribution is -2.28. The van der Waals surface area contributed by atoms with E-state index in [4.69, 9.17) is 25.4 Å². The Bertz CT molecular complexity index is 337. The Morgan fingerprint density at radius 1 is 1.14 bits per heavy atom. The molecule has 0 radical (unpaired) electrons. The lowest BCUT2D eigenvalue weighted by atomic mass is 10.2. The Morgan fingerprint density at radius 2 is 1.76 bits per heavy atom. The van der Waals surface area contributed by atoms with Gasteiger partial charge in [0.2, 0.25) is 5.91 Å². The number of hydrogen-bond acceptors (Lipinski definition) is 5. The summed E-state index contributed by atoms with van der Waals surface area (Å²) in [4.78, 5) is 11.3. The van der Waals surface area contributed by atoms with Gasteiger partial charge in [0.1, 0.15) is 0 Å². The predicted molar refractivity (Wildman–Crippen MR) is 89.8 cm³/mol. The average molecular weight is 339 g/mol. The zero-order valence-corrected chi connectivity index (χ0v) is 15.6. The molecule has 0 aliphatic heterocycles. The fourth-order valence-electron chi connectivity index (χ4n) is 1.56. The standard InChI is InChI=1S/C14H30NO4PS/c1-12(2)14(16)15-10-8-6-7-9-11-18-20(21,17-5)19-13(3)4/h12-13H,6-11H2,1-5H3,(H,15,16). The zero-order valence-electron chi connectivity index (χ0n) is 13.9. The molecular formula is C14H30NO4PS. The van der Waals surface area contributed by atoms with Crippen molar-refractivity contribution in [1.82, 2.24) is 5.32 Å². The number of amides is 1. The highest BCUT2D eigenvalue weighted by atomic mass is 32.5. The Balaban J connectivity index is 3.59. The van der Waals surface area contributed by atoms with Crippen molar-refractivity contribution >= 4 is 24.4 Å². The molecule has 0 aromatic heterocycles. The minimum Gasteiger partial charge on any atom is -0.356 e. The van der Waals surface area contributed by atoms with Crippen LogP contribution in [0, 0.1) is 5.92 Å². The van der Waals surface area contributed by atoms with E-state index in [9.17, 15) is 4.79 Å². The van der Waals surface area contributed by atoms with Crippen LogP contribution in [-0.2, 0) is 30.2 Å². The van der Waals surface area contributed by atoms with Gasteiger partial charge in [0.15, 0.2) is 0 Å². The first-order chi connectivity index (χ1) is 9.80. The predicted octanol–water partition coefficient (Wildman–Crippen LogP) is 3.63. The fourth-order valence-corrected chi connectivity index (χ4v) is 3.42. The number of nitrogens with one attached hydrogen (secondary N) is 1. The molecule has 0 aromatic rings. The molecule has 7 heteroatoms. The van der Waals surface area contributed by atoms with Crippen molar-refractivity contribution in [3.63, 3.8) is 0 Å². The summed E-state index contributed by atoms with van der Waals surface area (Å²) in [6, 6.07) is 0. The third kappa shape index (κ3) is 11.2. The molecule has 0 bridgehead atoms. The van der Waals surface area contributed by atoms with Crippen LogP contribution in [0.3, 0.4) is 0 Å². The summed E-state index contributed by atoms with van der Waals surface area (Å²) in [5.41, 5.74) is 0. The van der Waals surface area contributed by atoms with E-state index in [0.29, 0.717) is 6.61 Å². The first-order valence-electron chi connectivity index (χ1n) is 7.57. The van der Waals surface area contributed by atoms with Gasteiger partial charge in [0.25, 0.3) is 0 Å². The van der Waals surface area contributed by atoms with Crippen LogP contribution < -0.4 is 5.32 Å². The number of hydrogen-bond donors (Lipinski definition) is 1. The Kier molecular flexibility index (Phi) is 11.6. The van der Waals surface area contributed by atoms with Crippen molar-refractivity contribution in [1.29, 1.82) is 0 Å². The van der Waals surface area contributed by atoms with E-state index < -0.39 is 6.72 Å². The molecule has 1 unspecified atom stereocenters. The number of unbranched alkanes of at least 4 members (excludes halogenated alkanes) is 3. The van der Waals surface area contributed by atoms with Crippen molar-refractivity contribution in [3.8, 4) is 0 Å². The van der Waals surface area contributed by atoms with Crippen LogP contribution >= 0.6 is 6.72 Å². The van der Waals surface area contributed by atoms with Gasteiger partial charge in [-0.25, -0.2) is 0 Å². The molecule has 0 aliphatic rings. The molecular weight excluding hydrogens is 309 g/mol.